The van der Waals surface area contributed by atoms with Crippen molar-refractivity contribution in [2.75, 3.05) is 19.8 Å². The molecule has 1 amide bonds. The number of rotatable bonds is 5. The Labute approximate surface area is 100 Å². The van der Waals surface area contributed by atoms with E-state index in [-0.39, 0.29) is 17.9 Å². The molecule has 1 aromatic heterocycles. The van der Waals surface area contributed by atoms with E-state index in [4.69, 9.17) is 4.74 Å². The van der Waals surface area contributed by atoms with Crippen LogP contribution in [0.25, 0.3) is 0 Å². The number of carbonyl (C=O) groups is 1. The first-order chi connectivity index (χ1) is 8.31. The van der Waals surface area contributed by atoms with E-state index in [1.165, 1.54) is 0 Å². The molecule has 17 heavy (non-hydrogen) atoms. The normalized spacial score (nSPS) is 23.8. The van der Waals surface area contributed by atoms with Crippen LogP contribution in [0.15, 0.2) is 12.4 Å². The van der Waals surface area contributed by atoms with E-state index in [9.17, 15) is 4.79 Å². The zero-order valence-corrected chi connectivity index (χ0v) is 9.90. The summed E-state index contributed by atoms with van der Waals surface area (Å²) in [5, 5.41) is 6.12. The van der Waals surface area contributed by atoms with Crippen molar-refractivity contribution >= 4 is 5.91 Å². The predicted molar refractivity (Wildman–Crippen MR) is 62.2 cm³/mol. The number of aromatic amines is 1. The first-order valence-corrected chi connectivity index (χ1v) is 5.88. The number of amides is 1. The second kappa shape index (κ2) is 5.79. The summed E-state index contributed by atoms with van der Waals surface area (Å²) in [5.74, 6) is 0.673. The van der Waals surface area contributed by atoms with Gasteiger partial charge in [-0.15, -0.1) is 0 Å². The van der Waals surface area contributed by atoms with Crippen LogP contribution in [0, 0.1) is 5.92 Å². The molecule has 1 saturated heterocycles. The van der Waals surface area contributed by atoms with Crippen molar-refractivity contribution in [3.8, 4) is 0 Å². The van der Waals surface area contributed by atoms with Crippen LogP contribution in [-0.4, -0.2) is 41.7 Å². The molecule has 0 spiro atoms. The number of nitrogens with zero attached hydrogens (tertiary/aromatic N) is 1. The van der Waals surface area contributed by atoms with Gasteiger partial charge in [0, 0.05) is 18.4 Å². The van der Waals surface area contributed by atoms with E-state index in [1.54, 1.807) is 12.4 Å². The Morgan fingerprint density at radius 2 is 2.53 bits per heavy atom. The molecule has 2 unspecified atom stereocenters. The quantitative estimate of drug-likeness (QED) is 0.655. The molecule has 0 saturated carbocycles. The average molecular weight is 238 g/mol. The SMILES string of the molecule is CCNC1COCC1C(=O)NCc1ncc[nH]1. The molecule has 6 nitrogen and oxygen atoms in total. The maximum Gasteiger partial charge on any atom is 0.227 e. The molecule has 1 aliphatic rings. The number of hydrogen-bond acceptors (Lipinski definition) is 4. The minimum absolute atomic E-state index is 0.0184. The summed E-state index contributed by atoms with van der Waals surface area (Å²) < 4.78 is 5.33. The van der Waals surface area contributed by atoms with E-state index in [2.05, 4.69) is 20.6 Å². The zero-order valence-electron chi connectivity index (χ0n) is 9.90. The summed E-state index contributed by atoms with van der Waals surface area (Å²) in [7, 11) is 0. The Bertz CT molecular complexity index is 352. The van der Waals surface area contributed by atoms with Gasteiger partial charge in [0.2, 0.25) is 5.91 Å². The summed E-state index contributed by atoms with van der Waals surface area (Å²) in [6, 6.07) is 0.122. The molecule has 94 valence electrons. The molecule has 0 bridgehead atoms. The molecule has 2 atom stereocenters. The van der Waals surface area contributed by atoms with Crippen molar-refractivity contribution in [1.29, 1.82) is 0 Å². The van der Waals surface area contributed by atoms with Gasteiger partial charge in [-0.05, 0) is 6.54 Å². The first-order valence-electron chi connectivity index (χ1n) is 5.88. The van der Waals surface area contributed by atoms with Crippen molar-refractivity contribution in [3.05, 3.63) is 18.2 Å². The highest BCUT2D eigenvalue weighted by Crippen LogP contribution is 2.13. The highest BCUT2D eigenvalue weighted by atomic mass is 16.5. The minimum atomic E-state index is -0.107. The molecular formula is C11H18N4O2. The largest absolute Gasteiger partial charge is 0.379 e. The molecule has 1 aromatic rings. The Hall–Kier alpha value is -1.40. The Morgan fingerprint density at radius 1 is 1.65 bits per heavy atom. The third kappa shape index (κ3) is 3.04. The van der Waals surface area contributed by atoms with Gasteiger partial charge in [-0.25, -0.2) is 4.98 Å². The van der Waals surface area contributed by atoms with Gasteiger partial charge in [-0.1, -0.05) is 6.92 Å². The van der Waals surface area contributed by atoms with Gasteiger partial charge in [0.05, 0.1) is 25.7 Å². The topological polar surface area (TPSA) is 79.0 Å². The monoisotopic (exact) mass is 238 g/mol. The van der Waals surface area contributed by atoms with Gasteiger partial charge in [0.15, 0.2) is 0 Å². The number of ether oxygens (including phenoxy) is 1. The van der Waals surface area contributed by atoms with Gasteiger partial charge < -0.3 is 20.4 Å². The van der Waals surface area contributed by atoms with E-state index < -0.39 is 0 Å². The van der Waals surface area contributed by atoms with Crippen LogP contribution in [0.3, 0.4) is 0 Å². The second-order valence-corrected chi connectivity index (χ2v) is 4.06. The fraction of sp³-hybridized carbons (Fsp3) is 0.636. The number of imidazole rings is 1. The summed E-state index contributed by atoms with van der Waals surface area (Å²) in [5.41, 5.74) is 0. The lowest BCUT2D eigenvalue weighted by Gasteiger charge is -2.17. The van der Waals surface area contributed by atoms with Crippen LogP contribution >= 0.6 is 0 Å². The average Bonchev–Trinajstić information content (AvgIpc) is 2.97. The van der Waals surface area contributed by atoms with Gasteiger partial charge in [-0.3, -0.25) is 4.79 Å². The second-order valence-electron chi connectivity index (χ2n) is 4.06. The van der Waals surface area contributed by atoms with Gasteiger partial charge in [-0.2, -0.15) is 0 Å². The van der Waals surface area contributed by atoms with Gasteiger partial charge in [0.1, 0.15) is 5.82 Å². The van der Waals surface area contributed by atoms with Crippen LogP contribution in [0.2, 0.25) is 0 Å². The molecule has 1 fully saturated rings. The standard InChI is InChI=1S/C11H18N4O2/c1-2-12-9-7-17-6-8(9)11(16)15-5-10-13-3-4-14-10/h3-4,8-9,12H,2,5-7H2,1H3,(H,13,14)(H,15,16). The van der Waals surface area contributed by atoms with Gasteiger partial charge in [0.25, 0.3) is 0 Å². The minimum Gasteiger partial charge on any atom is -0.379 e. The van der Waals surface area contributed by atoms with Crippen molar-refractivity contribution in [2.45, 2.75) is 19.5 Å². The molecule has 6 heteroatoms. The van der Waals surface area contributed by atoms with Crippen molar-refractivity contribution in [3.63, 3.8) is 0 Å². The summed E-state index contributed by atoms with van der Waals surface area (Å²) in [4.78, 5) is 19.0. The van der Waals surface area contributed by atoms with Crippen LogP contribution in [0.4, 0.5) is 0 Å². The van der Waals surface area contributed by atoms with Crippen LogP contribution < -0.4 is 10.6 Å². The Kier molecular flexibility index (Phi) is 4.11. The Morgan fingerprint density at radius 3 is 3.24 bits per heavy atom. The highest BCUT2D eigenvalue weighted by molar-refractivity contribution is 5.79. The molecule has 0 aromatic carbocycles. The lowest BCUT2D eigenvalue weighted by atomic mass is 10.0. The zero-order chi connectivity index (χ0) is 12.1. The molecule has 3 N–H and O–H groups in total. The van der Waals surface area contributed by atoms with Crippen molar-refractivity contribution in [1.82, 2.24) is 20.6 Å². The number of likely N-dealkylation sites (N-methyl/N-ethyl adjacent to an activating group) is 1. The highest BCUT2D eigenvalue weighted by Gasteiger charge is 2.33. The smallest absolute Gasteiger partial charge is 0.227 e. The van der Waals surface area contributed by atoms with E-state index in [0.29, 0.717) is 19.8 Å². The molecule has 1 aliphatic heterocycles. The fourth-order valence-corrected chi connectivity index (χ4v) is 1.97. The van der Waals surface area contributed by atoms with Crippen LogP contribution in [0.5, 0.6) is 0 Å². The number of carbonyl (C=O) groups excluding carboxylic acids is 1. The lowest BCUT2D eigenvalue weighted by molar-refractivity contribution is -0.125. The summed E-state index contributed by atoms with van der Waals surface area (Å²) in [6.07, 6.45) is 3.41. The van der Waals surface area contributed by atoms with Crippen LogP contribution in [0.1, 0.15) is 12.7 Å². The number of hydrogen-bond donors (Lipinski definition) is 3. The van der Waals surface area contributed by atoms with E-state index >= 15 is 0 Å². The van der Waals surface area contributed by atoms with E-state index in [0.717, 1.165) is 12.4 Å². The molecule has 0 aliphatic carbocycles. The Balaban J connectivity index is 1.82. The third-order valence-corrected chi connectivity index (χ3v) is 2.87. The molecule has 0 radical (unpaired) electrons. The van der Waals surface area contributed by atoms with Crippen molar-refractivity contribution in [2.24, 2.45) is 5.92 Å². The maximum absolute atomic E-state index is 12.0. The maximum atomic E-state index is 12.0. The third-order valence-electron chi connectivity index (χ3n) is 2.87. The molecule has 2 heterocycles. The summed E-state index contributed by atoms with van der Waals surface area (Å²) in [6.45, 7) is 4.39. The number of nitrogens with one attached hydrogen (secondary N) is 3. The predicted octanol–water partition coefficient (Wildman–Crippen LogP) is -0.350. The molecular weight excluding hydrogens is 220 g/mol. The lowest BCUT2D eigenvalue weighted by Crippen LogP contribution is -2.43. The number of H-pyrrole nitrogens is 1. The first kappa shape index (κ1) is 12.1. The molecule has 2 rings (SSSR count). The summed E-state index contributed by atoms with van der Waals surface area (Å²) >= 11 is 0. The number of aromatic nitrogens is 2. The van der Waals surface area contributed by atoms with Crippen LogP contribution in [-0.2, 0) is 16.1 Å². The van der Waals surface area contributed by atoms with E-state index in [1.807, 2.05) is 6.92 Å². The van der Waals surface area contributed by atoms with Gasteiger partial charge >= 0.3 is 0 Å². The van der Waals surface area contributed by atoms with Crippen molar-refractivity contribution < 1.29 is 9.53 Å². The fourth-order valence-electron chi connectivity index (χ4n) is 1.97.